The molecule has 6 nitrogen and oxygen atoms in total. The van der Waals surface area contributed by atoms with Crippen LogP contribution in [0.1, 0.15) is 22.8 Å². The molecule has 0 aromatic heterocycles. The van der Waals surface area contributed by atoms with Gasteiger partial charge in [0.15, 0.2) is 0 Å². The Morgan fingerprint density at radius 2 is 1.85 bits per heavy atom. The van der Waals surface area contributed by atoms with E-state index in [-0.39, 0.29) is 0 Å². The van der Waals surface area contributed by atoms with Crippen molar-refractivity contribution >= 4 is 49.4 Å². The monoisotopic (exact) mass is 484 g/mol. The first-order valence-corrected chi connectivity index (χ1v) is 9.44. The van der Waals surface area contributed by atoms with Crippen LogP contribution in [0.25, 0.3) is 0 Å². The van der Waals surface area contributed by atoms with Crippen LogP contribution in [-0.4, -0.2) is 30.1 Å². The summed E-state index contributed by atoms with van der Waals surface area (Å²) >= 11 is 6.79. The van der Waals surface area contributed by atoms with Crippen molar-refractivity contribution in [2.24, 2.45) is 0 Å². The Morgan fingerprint density at radius 3 is 2.46 bits per heavy atom. The van der Waals surface area contributed by atoms with Crippen LogP contribution in [-0.2, 0) is 11.4 Å². The molecule has 0 bridgehead atoms. The maximum atomic E-state index is 12.0. The molecule has 2 aromatic rings. The molecular formula is C18H18Br2N2O4. The summed E-state index contributed by atoms with van der Waals surface area (Å²) in [5.41, 5.74) is 2.36. The zero-order valence-corrected chi connectivity index (χ0v) is 17.2. The Labute approximate surface area is 168 Å². The number of carboxylic acid groups (broad SMARTS) is 1. The number of rotatable bonds is 8. The molecule has 0 heterocycles. The van der Waals surface area contributed by atoms with Crippen molar-refractivity contribution in [3.05, 3.63) is 56.5 Å². The second kappa shape index (κ2) is 9.59. The molecule has 0 spiro atoms. The number of nitrogens with one attached hydrogen (secondary N) is 2. The summed E-state index contributed by atoms with van der Waals surface area (Å²) < 4.78 is 7.06. The van der Waals surface area contributed by atoms with E-state index in [4.69, 9.17) is 9.84 Å². The molecule has 0 unspecified atom stereocenters. The Hall–Kier alpha value is -2.06. The van der Waals surface area contributed by atoms with E-state index in [1.807, 2.05) is 31.2 Å². The van der Waals surface area contributed by atoms with Gasteiger partial charge in [-0.15, -0.1) is 0 Å². The first-order chi connectivity index (χ1) is 12.4. The van der Waals surface area contributed by atoms with Crippen LogP contribution in [0.2, 0.25) is 0 Å². The average Bonchev–Trinajstić information content (AvgIpc) is 2.59. The van der Waals surface area contributed by atoms with Crippen LogP contribution in [0.3, 0.4) is 0 Å². The van der Waals surface area contributed by atoms with E-state index in [1.54, 1.807) is 12.1 Å². The van der Waals surface area contributed by atoms with Gasteiger partial charge in [0.2, 0.25) is 0 Å². The van der Waals surface area contributed by atoms with Gasteiger partial charge < -0.3 is 20.5 Å². The van der Waals surface area contributed by atoms with Crippen LogP contribution in [0, 0.1) is 0 Å². The number of halogens is 2. The summed E-state index contributed by atoms with van der Waals surface area (Å²) in [5, 5.41) is 14.2. The Morgan fingerprint density at radius 1 is 1.15 bits per heavy atom. The van der Waals surface area contributed by atoms with Gasteiger partial charge in [-0.05, 0) is 68.6 Å². The highest BCUT2D eigenvalue weighted by Gasteiger charge is 2.14. The van der Waals surface area contributed by atoms with Crippen LogP contribution in [0.5, 0.6) is 5.75 Å². The number of hydrogen-bond acceptors (Lipinski definition) is 4. The van der Waals surface area contributed by atoms with Gasteiger partial charge in [-0.3, -0.25) is 9.59 Å². The van der Waals surface area contributed by atoms with Gasteiger partial charge in [0, 0.05) is 17.8 Å². The predicted octanol–water partition coefficient (Wildman–Crippen LogP) is 4.04. The predicted molar refractivity (Wildman–Crippen MR) is 107 cm³/mol. The van der Waals surface area contributed by atoms with E-state index < -0.39 is 18.4 Å². The third kappa shape index (κ3) is 5.74. The third-order valence-corrected chi connectivity index (χ3v) is 4.53. The van der Waals surface area contributed by atoms with Crippen molar-refractivity contribution in [1.82, 2.24) is 5.32 Å². The lowest BCUT2D eigenvalue weighted by atomic mass is 10.2. The molecular weight excluding hydrogens is 468 g/mol. The zero-order valence-electron chi connectivity index (χ0n) is 14.0. The second-order valence-electron chi connectivity index (χ2n) is 5.36. The van der Waals surface area contributed by atoms with Crippen molar-refractivity contribution in [3.63, 3.8) is 0 Å². The largest absolute Gasteiger partial charge is 0.487 e. The SMILES string of the molecule is CCNc1cccc(COc2c(Br)cc(C(=O)NCC(=O)O)cc2Br)c1. The van der Waals surface area contributed by atoms with E-state index >= 15 is 0 Å². The summed E-state index contributed by atoms with van der Waals surface area (Å²) in [6.45, 7) is 2.80. The molecule has 8 heteroatoms. The number of carboxylic acids is 1. The summed E-state index contributed by atoms with van der Waals surface area (Å²) in [7, 11) is 0. The molecule has 0 aliphatic carbocycles. The quantitative estimate of drug-likeness (QED) is 0.525. The molecule has 0 atom stereocenters. The lowest BCUT2D eigenvalue weighted by Crippen LogP contribution is -2.29. The molecule has 0 saturated carbocycles. The van der Waals surface area contributed by atoms with Crippen molar-refractivity contribution in [1.29, 1.82) is 0 Å². The molecule has 2 rings (SSSR count). The smallest absolute Gasteiger partial charge is 0.322 e. The average molecular weight is 486 g/mol. The van der Waals surface area contributed by atoms with Crippen molar-refractivity contribution in [2.45, 2.75) is 13.5 Å². The molecule has 26 heavy (non-hydrogen) atoms. The van der Waals surface area contributed by atoms with Gasteiger partial charge >= 0.3 is 5.97 Å². The first-order valence-electron chi connectivity index (χ1n) is 7.85. The minimum absolute atomic E-state index is 0.325. The maximum absolute atomic E-state index is 12.0. The minimum Gasteiger partial charge on any atom is -0.487 e. The van der Waals surface area contributed by atoms with Crippen LogP contribution >= 0.6 is 31.9 Å². The van der Waals surface area contributed by atoms with E-state index in [0.29, 0.717) is 26.9 Å². The van der Waals surface area contributed by atoms with Crippen molar-refractivity contribution in [3.8, 4) is 5.75 Å². The summed E-state index contributed by atoms with van der Waals surface area (Å²) in [6.07, 6.45) is 0. The molecule has 3 N–H and O–H groups in total. The van der Waals surface area contributed by atoms with Gasteiger partial charge in [-0.1, -0.05) is 12.1 Å². The summed E-state index contributed by atoms with van der Waals surface area (Å²) in [6, 6.07) is 11.1. The third-order valence-electron chi connectivity index (χ3n) is 3.35. The van der Waals surface area contributed by atoms with Gasteiger partial charge in [-0.2, -0.15) is 0 Å². The number of hydrogen-bond donors (Lipinski definition) is 3. The molecule has 0 aliphatic heterocycles. The maximum Gasteiger partial charge on any atom is 0.322 e. The van der Waals surface area contributed by atoms with E-state index in [9.17, 15) is 9.59 Å². The van der Waals surface area contributed by atoms with E-state index in [1.165, 1.54) is 0 Å². The number of aliphatic carboxylic acids is 1. The number of anilines is 1. The molecule has 0 fully saturated rings. The lowest BCUT2D eigenvalue weighted by Gasteiger charge is -2.13. The molecule has 0 radical (unpaired) electrons. The fourth-order valence-corrected chi connectivity index (χ4v) is 3.63. The molecule has 0 aliphatic rings. The first kappa shape index (κ1) is 20.3. The van der Waals surface area contributed by atoms with Gasteiger partial charge in [-0.25, -0.2) is 0 Å². The minimum atomic E-state index is -1.10. The lowest BCUT2D eigenvalue weighted by molar-refractivity contribution is -0.135. The number of carbonyl (C=O) groups excluding carboxylic acids is 1. The number of amides is 1. The fourth-order valence-electron chi connectivity index (χ4n) is 2.22. The highest BCUT2D eigenvalue weighted by Crippen LogP contribution is 2.35. The van der Waals surface area contributed by atoms with Crippen molar-refractivity contribution < 1.29 is 19.4 Å². The van der Waals surface area contributed by atoms with Gasteiger partial charge in [0.1, 0.15) is 18.9 Å². The highest BCUT2D eigenvalue weighted by atomic mass is 79.9. The zero-order chi connectivity index (χ0) is 19.1. The highest BCUT2D eigenvalue weighted by molar-refractivity contribution is 9.11. The number of carbonyl (C=O) groups is 2. The van der Waals surface area contributed by atoms with Gasteiger partial charge in [0.25, 0.3) is 5.91 Å². The molecule has 0 saturated heterocycles. The standard InChI is InChI=1S/C18H18Br2N2O4/c1-2-21-13-5-3-4-11(6-13)10-26-17-14(19)7-12(8-15(17)20)18(25)22-9-16(23)24/h3-8,21H,2,9-10H2,1H3,(H,22,25)(H,23,24). The van der Waals surface area contributed by atoms with Crippen LogP contribution in [0.15, 0.2) is 45.3 Å². The summed E-state index contributed by atoms with van der Waals surface area (Å²) in [5.74, 6) is -1.01. The normalized spacial score (nSPS) is 10.3. The Bertz CT molecular complexity index is 789. The Balaban J connectivity index is 2.09. The van der Waals surface area contributed by atoms with E-state index in [2.05, 4.69) is 42.5 Å². The summed E-state index contributed by atoms with van der Waals surface area (Å²) in [4.78, 5) is 22.5. The Kier molecular flexibility index (Phi) is 7.47. The van der Waals surface area contributed by atoms with Crippen LogP contribution in [0.4, 0.5) is 5.69 Å². The number of ether oxygens (including phenoxy) is 1. The second-order valence-corrected chi connectivity index (χ2v) is 7.07. The topological polar surface area (TPSA) is 87.7 Å². The van der Waals surface area contributed by atoms with Crippen molar-refractivity contribution in [2.75, 3.05) is 18.4 Å². The van der Waals surface area contributed by atoms with Gasteiger partial charge in [0.05, 0.1) is 8.95 Å². The molecule has 138 valence electrons. The molecule has 2 aromatic carbocycles. The fraction of sp³-hybridized carbons (Fsp3) is 0.222. The van der Waals surface area contributed by atoms with E-state index in [0.717, 1.165) is 17.8 Å². The van der Waals surface area contributed by atoms with Crippen LogP contribution < -0.4 is 15.4 Å². The molecule has 1 amide bonds. The number of benzene rings is 2.